The van der Waals surface area contributed by atoms with E-state index in [9.17, 15) is 14.4 Å². The van der Waals surface area contributed by atoms with Crippen LogP contribution in [0, 0.1) is 0 Å². The van der Waals surface area contributed by atoms with Gasteiger partial charge < -0.3 is 19.7 Å². The highest BCUT2D eigenvalue weighted by Crippen LogP contribution is 2.29. The van der Waals surface area contributed by atoms with Crippen LogP contribution in [-0.4, -0.2) is 54.6 Å². The molecule has 9 nitrogen and oxygen atoms in total. The molecule has 0 atom stereocenters. The maximum Gasteiger partial charge on any atom is 0.341 e. The summed E-state index contributed by atoms with van der Waals surface area (Å²) < 4.78 is 10.00. The molecule has 0 aliphatic heterocycles. The zero-order valence-electron chi connectivity index (χ0n) is 15.9. The smallest absolute Gasteiger partial charge is 0.341 e. The number of amides is 1. The number of ether oxygens (including phenoxy) is 2. The molecule has 1 N–H and O–H groups in total. The topological polar surface area (TPSA) is 111 Å². The molecular weight excluding hydrogens is 384 g/mol. The molecule has 2 aromatic rings. The van der Waals surface area contributed by atoms with E-state index in [2.05, 4.69) is 15.3 Å². The molecule has 0 saturated heterocycles. The van der Waals surface area contributed by atoms with E-state index in [1.165, 1.54) is 16.2 Å². The van der Waals surface area contributed by atoms with Crippen LogP contribution in [0.5, 0.6) is 0 Å². The molecule has 28 heavy (non-hydrogen) atoms. The van der Waals surface area contributed by atoms with Crippen molar-refractivity contribution in [3.8, 4) is 0 Å². The van der Waals surface area contributed by atoms with Crippen molar-refractivity contribution in [3.05, 3.63) is 35.0 Å². The molecular formula is C18H22N4O5S. The molecule has 0 unspecified atom stereocenters. The van der Waals surface area contributed by atoms with Crippen LogP contribution >= 0.6 is 11.3 Å². The number of nitrogens with one attached hydrogen (secondary N) is 1. The van der Waals surface area contributed by atoms with Crippen LogP contribution in [0.3, 0.4) is 0 Å². The van der Waals surface area contributed by atoms with Crippen LogP contribution in [0.1, 0.15) is 29.1 Å². The van der Waals surface area contributed by atoms with E-state index in [1.807, 2.05) is 6.92 Å². The van der Waals surface area contributed by atoms with E-state index in [-0.39, 0.29) is 13.2 Å². The maximum absolute atomic E-state index is 12.1. The molecule has 1 amide bonds. The first kappa shape index (κ1) is 21.3. The third kappa shape index (κ3) is 6.02. The van der Waals surface area contributed by atoms with Gasteiger partial charge in [0.1, 0.15) is 11.5 Å². The third-order valence-electron chi connectivity index (χ3n) is 3.50. The average Bonchev–Trinajstić information content (AvgIpc) is 3.10. The Balaban J connectivity index is 1.89. The fraction of sp³-hybridized carbons (Fsp3) is 0.389. The van der Waals surface area contributed by atoms with Gasteiger partial charge in [0, 0.05) is 24.3 Å². The molecule has 0 saturated carbocycles. The Morgan fingerprint density at radius 3 is 2.54 bits per heavy atom. The van der Waals surface area contributed by atoms with E-state index in [4.69, 9.17) is 9.47 Å². The Morgan fingerprint density at radius 1 is 1.18 bits per heavy atom. The van der Waals surface area contributed by atoms with Crippen molar-refractivity contribution in [1.82, 2.24) is 9.97 Å². The molecule has 0 aromatic carbocycles. The minimum Gasteiger partial charge on any atom is -0.462 e. The minimum atomic E-state index is -0.601. The summed E-state index contributed by atoms with van der Waals surface area (Å²) in [4.78, 5) is 46.6. The summed E-state index contributed by atoms with van der Waals surface area (Å²) in [6, 6.07) is 3.36. The lowest BCUT2D eigenvalue weighted by molar-refractivity contribution is -0.145. The molecule has 0 radical (unpaired) electrons. The van der Waals surface area contributed by atoms with Gasteiger partial charge in [0.05, 0.1) is 12.2 Å². The van der Waals surface area contributed by atoms with Crippen molar-refractivity contribution >= 4 is 40.1 Å². The first-order valence-electron chi connectivity index (χ1n) is 8.68. The maximum atomic E-state index is 12.1. The normalized spacial score (nSPS) is 10.2. The van der Waals surface area contributed by atoms with E-state index in [1.54, 1.807) is 38.5 Å². The predicted octanol–water partition coefficient (Wildman–Crippen LogP) is 1.90. The van der Waals surface area contributed by atoms with E-state index < -0.39 is 24.5 Å². The van der Waals surface area contributed by atoms with Crippen LogP contribution in [0.4, 0.5) is 10.9 Å². The zero-order chi connectivity index (χ0) is 20.5. The van der Waals surface area contributed by atoms with Gasteiger partial charge in [-0.1, -0.05) is 6.92 Å². The highest BCUT2D eigenvalue weighted by Gasteiger charge is 2.19. The Morgan fingerprint density at radius 2 is 1.89 bits per heavy atom. The lowest BCUT2D eigenvalue weighted by atomic mass is 10.2. The number of hydrogen-bond donors (Lipinski definition) is 1. The van der Waals surface area contributed by atoms with Crippen molar-refractivity contribution in [3.63, 3.8) is 0 Å². The number of likely N-dealkylation sites (N-methyl/N-ethyl adjacent to an activating group) is 1. The average molecular weight is 406 g/mol. The van der Waals surface area contributed by atoms with E-state index >= 15 is 0 Å². The van der Waals surface area contributed by atoms with Crippen LogP contribution in [-0.2, 0) is 25.5 Å². The molecule has 2 aromatic heterocycles. The Hall–Kier alpha value is -3.01. The fourth-order valence-electron chi connectivity index (χ4n) is 2.18. The number of nitrogens with zero attached hydrogens (tertiary/aromatic N) is 3. The highest BCUT2D eigenvalue weighted by atomic mass is 32.1. The number of esters is 2. The second-order valence-corrected chi connectivity index (χ2v) is 6.78. The van der Waals surface area contributed by atoms with Gasteiger partial charge in [-0.2, -0.15) is 0 Å². The van der Waals surface area contributed by atoms with Gasteiger partial charge in [0.2, 0.25) is 5.95 Å². The standard InChI is InChI=1S/C18H22N4O5S/c1-4-12-9-13(17(25)26-5-2)16(28-12)21-14(23)11-27-15(24)10-22(3)18-19-7-6-8-20-18/h6-9H,4-5,10-11H2,1-3H3,(H,21,23). The Kier molecular flexibility index (Phi) is 7.88. The largest absolute Gasteiger partial charge is 0.462 e. The van der Waals surface area contributed by atoms with Gasteiger partial charge in [-0.3, -0.25) is 9.59 Å². The van der Waals surface area contributed by atoms with Gasteiger partial charge in [-0.05, 0) is 25.5 Å². The Labute approximate surface area is 166 Å². The number of thiophene rings is 1. The first-order valence-corrected chi connectivity index (χ1v) is 9.49. The zero-order valence-corrected chi connectivity index (χ0v) is 16.7. The lowest BCUT2D eigenvalue weighted by Crippen LogP contribution is -2.30. The molecule has 2 heterocycles. The van der Waals surface area contributed by atoms with Gasteiger partial charge >= 0.3 is 11.9 Å². The second-order valence-electron chi connectivity index (χ2n) is 5.64. The summed E-state index contributed by atoms with van der Waals surface area (Å²) in [5.74, 6) is -1.28. The molecule has 10 heteroatoms. The number of carbonyl (C=O) groups excluding carboxylic acids is 3. The molecule has 0 spiro atoms. The molecule has 2 rings (SSSR count). The van der Waals surface area contributed by atoms with Crippen molar-refractivity contribution in [1.29, 1.82) is 0 Å². The van der Waals surface area contributed by atoms with Crippen LogP contribution in [0.15, 0.2) is 24.5 Å². The summed E-state index contributed by atoms with van der Waals surface area (Å²) in [5, 5.41) is 2.99. The van der Waals surface area contributed by atoms with Gasteiger partial charge in [0.15, 0.2) is 6.61 Å². The van der Waals surface area contributed by atoms with Crippen LogP contribution < -0.4 is 10.2 Å². The number of aryl methyl sites for hydroxylation is 1. The van der Waals surface area contributed by atoms with Crippen molar-refractivity contribution in [2.75, 3.05) is 37.0 Å². The van der Waals surface area contributed by atoms with Gasteiger partial charge in [-0.15, -0.1) is 11.3 Å². The Bertz CT molecular complexity index is 825. The number of rotatable bonds is 9. The summed E-state index contributed by atoms with van der Waals surface area (Å²) >= 11 is 1.29. The monoisotopic (exact) mass is 406 g/mol. The number of hydrogen-bond acceptors (Lipinski definition) is 9. The SMILES string of the molecule is CCOC(=O)c1cc(CC)sc1NC(=O)COC(=O)CN(C)c1ncccn1. The predicted molar refractivity (Wildman–Crippen MR) is 105 cm³/mol. The van der Waals surface area contributed by atoms with E-state index in [0.717, 1.165) is 11.3 Å². The van der Waals surface area contributed by atoms with E-state index in [0.29, 0.717) is 16.5 Å². The van der Waals surface area contributed by atoms with Gasteiger partial charge in [-0.25, -0.2) is 14.8 Å². The minimum absolute atomic E-state index is 0.107. The third-order valence-corrected chi connectivity index (χ3v) is 4.70. The summed E-state index contributed by atoms with van der Waals surface area (Å²) in [6.45, 7) is 3.31. The summed E-state index contributed by atoms with van der Waals surface area (Å²) in [7, 11) is 1.64. The molecule has 150 valence electrons. The number of anilines is 2. The van der Waals surface area contributed by atoms with Crippen LogP contribution in [0.25, 0.3) is 0 Å². The first-order chi connectivity index (χ1) is 13.4. The quantitative estimate of drug-likeness (QED) is 0.629. The molecule has 0 aliphatic rings. The summed E-state index contributed by atoms with van der Waals surface area (Å²) in [6.07, 6.45) is 3.84. The number of aromatic nitrogens is 2. The van der Waals surface area contributed by atoms with Crippen molar-refractivity contribution in [2.45, 2.75) is 20.3 Å². The number of carbonyl (C=O) groups is 3. The lowest BCUT2D eigenvalue weighted by Gasteiger charge is -2.15. The summed E-state index contributed by atoms with van der Waals surface area (Å²) in [5.41, 5.74) is 0.296. The van der Waals surface area contributed by atoms with Crippen molar-refractivity contribution < 1.29 is 23.9 Å². The molecule has 0 aliphatic carbocycles. The molecule has 0 fully saturated rings. The van der Waals surface area contributed by atoms with Gasteiger partial charge in [0.25, 0.3) is 5.91 Å². The van der Waals surface area contributed by atoms with Crippen LogP contribution in [0.2, 0.25) is 0 Å². The second kappa shape index (κ2) is 10.4. The fourth-order valence-corrected chi connectivity index (χ4v) is 3.18. The van der Waals surface area contributed by atoms with Crippen molar-refractivity contribution in [2.24, 2.45) is 0 Å². The molecule has 0 bridgehead atoms. The highest BCUT2D eigenvalue weighted by molar-refractivity contribution is 7.16.